The summed E-state index contributed by atoms with van der Waals surface area (Å²) in [5.74, 6) is -5.56. The standard InChI is InChI=1S/C10H16N2O8.2H3N/c11-5(1-6(13)14)10(2-7(15)16,3-8(17)18)12-4-9(19)20;;/h5,12H,1-4,11H2,(H,13,14)(H,15,16)(H,17,18)(H,19,20);2*1H3. The Morgan fingerprint density at radius 3 is 1.55 bits per heavy atom. The Morgan fingerprint density at radius 1 is 0.864 bits per heavy atom. The first-order chi connectivity index (χ1) is 9.09. The van der Waals surface area contributed by atoms with Crippen LogP contribution < -0.4 is 23.4 Å². The van der Waals surface area contributed by atoms with Crippen LogP contribution in [-0.2, 0) is 19.2 Å². The van der Waals surface area contributed by atoms with Crippen molar-refractivity contribution in [2.75, 3.05) is 6.54 Å². The van der Waals surface area contributed by atoms with Crippen LogP contribution in [0.1, 0.15) is 19.3 Å². The van der Waals surface area contributed by atoms with Gasteiger partial charge < -0.3 is 38.5 Å². The Balaban J connectivity index is -0.00000180. The molecule has 13 N–H and O–H groups in total. The number of aliphatic carboxylic acids is 4. The largest absolute Gasteiger partial charge is 0.481 e. The fourth-order valence-electron chi connectivity index (χ4n) is 1.76. The third kappa shape index (κ3) is 8.80. The zero-order valence-electron chi connectivity index (χ0n) is 11.8. The van der Waals surface area contributed by atoms with Gasteiger partial charge in [0.05, 0.1) is 31.3 Å². The quantitative estimate of drug-likeness (QED) is 0.227. The molecule has 0 aromatic carbocycles. The molecular weight excluding hydrogens is 304 g/mol. The number of carboxylic acid groups (broad SMARTS) is 4. The first kappa shape index (κ1) is 24.7. The summed E-state index contributed by atoms with van der Waals surface area (Å²) in [6, 6.07) is -1.38. The third-order valence-electron chi connectivity index (χ3n) is 2.63. The fraction of sp³-hybridized carbons (Fsp3) is 0.600. The van der Waals surface area contributed by atoms with Crippen LogP contribution in [-0.4, -0.2) is 62.4 Å². The molecule has 1 atom stereocenters. The summed E-state index contributed by atoms with van der Waals surface area (Å²) >= 11 is 0. The molecular formula is C10H22N4O8. The molecule has 0 radical (unpaired) electrons. The first-order valence-electron chi connectivity index (χ1n) is 5.47. The van der Waals surface area contributed by atoms with Gasteiger partial charge in [-0.2, -0.15) is 0 Å². The van der Waals surface area contributed by atoms with Crippen molar-refractivity contribution >= 4 is 23.9 Å². The lowest BCUT2D eigenvalue weighted by atomic mass is 9.82. The van der Waals surface area contributed by atoms with Gasteiger partial charge in [0.15, 0.2) is 0 Å². The van der Waals surface area contributed by atoms with Gasteiger partial charge in [-0.3, -0.25) is 24.5 Å². The maximum atomic E-state index is 10.8. The van der Waals surface area contributed by atoms with Crippen LogP contribution in [0.4, 0.5) is 0 Å². The smallest absolute Gasteiger partial charge is 0.317 e. The SMILES string of the molecule is N.N.NC(CC(=O)O)C(CC(=O)O)(CC(=O)O)NCC(=O)O. The second-order valence-electron chi connectivity index (χ2n) is 4.25. The van der Waals surface area contributed by atoms with Crippen LogP contribution in [0.15, 0.2) is 0 Å². The van der Waals surface area contributed by atoms with E-state index in [1.807, 2.05) is 0 Å². The predicted octanol–water partition coefficient (Wildman–Crippen LogP) is -1.53. The molecule has 0 saturated carbocycles. The Kier molecular flexibility index (Phi) is 11.7. The summed E-state index contributed by atoms with van der Waals surface area (Å²) < 4.78 is 0. The second-order valence-corrected chi connectivity index (χ2v) is 4.25. The maximum absolute atomic E-state index is 10.8. The molecule has 0 saturated heterocycles. The van der Waals surface area contributed by atoms with Crippen LogP contribution >= 0.6 is 0 Å². The monoisotopic (exact) mass is 326 g/mol. The van der Waals surface area contributed by atoms with Gasteiger partial charge in [0.2, 0.25) is 0 Å². The van der Waals surface area contributed by atoms with Crippen molar-refractivity contribution in [1.29, 1.82) is 0 Å². The molecule has 12 nitrogen and oxygen atoms in total. The van der Waals surface area contributed by atoms with Crippen molar-refractivity contribution in [2.45, 2.75) is 30.8 Å². The van der Waals surface area contributed by atoms with Crippen molar-refractivity contribution in [3.63, 3.8) is 0 Å². The Hall–Kier alpha value is -2.28. The summed E-state index contributed by atoms with van der Waals surface area (Å²) in [6.45, 7) is -0.742. The van der Waals surface area contributed by atoms with Gasteiger partial charge in [-0.1, -0.05) is 0 Å². The van der Waals surface area contributed by atoms with E-state index < -0.39 is 61.3 Å². The van der Waals surface area contributed by atoms with Gasteiger partial charge in [-0.25, -0.2) is 0 Å². The van der Waals surface area contributed by atoms with Crippen LogP contribution in [0.25, 0.3) is 0 Å². The van der Waals surface area contributed by atoms with Crippen molar-refractivity contribution in [3.05, 3.63) is 0 Å². The molecule has 130 valence electrons. The molecule has 0 aliphatic carbocycles. The minimum atomic E-state index is -1.87. The zero-order valence-corrected chi connectivity index (χ0v) is 11.8. The minimum absolute atomic E-state index is 0. The van der Waals surface area contributed by atoms with E-state index in [9.17, 15) is 19.2 Å². The van der Waals surface area contributed by atoms with Gasteiger partial charge in [0, 0.05) is 6.04 Å². The number of carbonyl (C=O) groups is 4. The Bertz CT molecular complexity index is 398. The average molecular weight is 326 g/mol. The van der Waals surface area contributed by atoms with Gasteiger partial charge in [-0.05, 0) is 0 Å². The van der Waals surface area contributed by atoms with Crippen LogP contribution in [0.2, 0.25) is 0 Å². The third-order valence-corrected chi connectivity index (χ3v) is 2.63. The number of nitrogens with two attached hydrogens (primary N) is 1. The second kappa shape index (κ2) is 10.4. The van der Waals surface area contributed by atoms with Crippen LogP contribution in [0, 0.1) is 0 Å². The summed E-state index contributed by atoms with van der Waals surface area (Å²) in [7, 11) is 0. The molecule has 0 aliphatic heterocycles. The molecule has 1 unspecified atom stereocenters. The number of carboxylic acids is 4. The van der Waals surface area contributed by atoms with E-state index in [0.29, 0.717) is 0 Å². The highest BCUT2D eigenvalue weighted by Gasteiger charge is 2.42. The number of rotatable bonds is 10. The highest BCUT2D eigenvalue weighted by Crippen LogP contribution is 2.22. The van der Waals surface area contributed by atoms with Gasteiger partial charge in [-0.15, -0.1) is 0 Å². The molecule has 0 fully saturated rings. The van der Waals surface area contributed by atoms with Gasteiger partial charge in [0.25, 0.3) is 0 Å². The lowest BCUT2D eigenvalue weighted by Crippen LogP contribution is -2.61. The fourth-order valence-corrected chi connectivity index (χ4v) is 1.76. The summed E-state index contributed by atoms with van der Waals surface area (Å²) in [5.41, 5.74) is 3.71. The van der Waals surface area contributed by atoms with E-state index in [0.717, 1.165) is 0 Å². The normalized spacial score (nSPS) is 11.5. The highest BCUT2D eigenvalue weighted by atomic mass is 16.4. The summed E-state index contributed by atoms with van der Waals surface area (Å²) in [6.07, 6.45) is -2.34. The van der Waals surface area contributed by atoms with E-state index in [-0.39, 0.29) is 12.3 Å². The molecule has 0 aliphatic rings. The van der Waals surface area contributed by atoms with Gasteiger partial charge in [0.1, 0.15) is 0 Å². The lowest BCUT2D eigenvalue weighted by Gasteiger charge is -2.36. The molecule has 22 heavy (non-hydrogen) atoms. The minimum Gasteiger partial charge on any atom is -0.481 e. The number of hydrogen-bond acceptors (Lipinski definition) is 8. The summed E-state index contributed by atoms with van der Waals surface area (Å²) in [5, 5.41) is 37.2. The molecule has 12 heteroatoms. The van der Waals surface area contributed by atoms with E-state index >= 15 is 0 Å². The van der Waals surface area contributed by atoms with Crippen molar-refractivity contribution in [2.24, 2.45) is 5.73 Å². The predicted molar refractivity (Wildman–Crippen MR) is 73.1 cm³/mol. The number of nitrogens with one attached hydrogen (secondary N) is 1. The average Bonchev–Trinajstić information content (AvgIpc) is 2.23. The topological polar surface area (TPSA) is 257 Å². The van der Waals surface area contributed by atoms with Crippen molar-refractivity contribution in [1.82, 2.24) is 17.6 Å². The molecule has 0 bridgehead atoms. The molecule has 0 spiro atoms. The van der Waals surface area contributed by atoms with Crippen LogP contribution in [0.3, 0.4) is 0 Å². The molecule has 0 aromatic rings. The lowest BCUT2D eigenvalue weighted by molar-refractivity contribution is -0.146. The molecule has 0 aromatic heterocycles. The van der Waals surface area contributed by atoms with E-state index in [2.05, 4.69) is 5.32 Å². The van der Waals surface area contributed by atoms with Crippen molar-refractivity contribution < 1.29 is 39.6 Å². The zero-order chi connectivity index (χ0) is 15.9. The number of hydrogen-bond donors (Lipinski definition) is 8. The Morgan fingerprint density at radius 2 is 1.27 bits per heavy atom. The first-order valence-corrected chi connectivity index (χ1v) is 5.47. The highest BCUT2D eigenvalue weighted by molar-refractivity contribution is 5.75. The maximum Gasteiger partial charge on any atom is 0.317 e. The van der Waals surface area contributed by atoms with Crippen molar-refractivity contribution in [3.8, 4) is 0 Å². The van der Waals surface area contributed by atoms with Gasteiger partial charge >= 0.3 is 23.9 Å². The van der Waals surface area contributed by atoms with E-state index in [1.165, 1.54) is 0 Å². The molecule has 0 rings (SSSR count). The van der Waals surface area contributed by atoms with E-state index in [1.54, 1.807) is 0 Å². The summed E-state index contributed by atoms with van der Waals surface area (Å²) in [4.78, 5) is 42.9. The van der Waals surface area contributed by atoms with E-state index in [4.69, 9.17) is 26.2 Å². The van der Waals surface area contributed by atoms with Crippen LogP contribution in [0.5, 0.6) is 0 Å². The molecule has 0 amide bonds. The molecule has 0 heterocycles. The Labute approximate surface area is 125 Å².